The molecule has 9 nitrogen and oxygen atoms in total. The van der Waals surface area contributed by atoms with Gasteiger partial charge >= 0.3 is 18.4 Å². The molecule has 42 heavy (non-hydrogen) atoms. The molecule has 0 N–H and O–H groups in total. The molecule has 0 spiro atoms. The number of amides is 1. The number of pyridine rings is 1. The molecule has 3 atom stereocenters. The topological polar surface area (TPSA) is 103 Å². The van der Waals surface area contributed by atoms with E-state index in [0.29, 0.717) is 61.2 Å². The standard InChI is InChI=1S/C21H23F3N4O3.C5H2ClF3N2/c1-3-30-17-5-4-12(2)27-18(17)19(29)28-10-14-6-13(14)7-16(28)11-31-20-25-8-15(9-26-20)21(22,23)24;6-4-10-1-3(2-11-4)5(7,8)9/h4-5,8-9,13-14,16H,3,6-7,10-11H2,1-2H3;1-2H/t13-,14+,16+;/m1./s1. The first-order valence-corrected chi connectivity index (χ1v) is 13.1. The number of nitrogens with zero attached hydrogens (tertiary/aromatic N) is 6. The summed E-state index contributed by atoms with van der Waals surface area (Å²) in [6.45, 7) is 4.74. The summed E-state index contributed by atoms with van der Waals surface area (Å²) in [4.78, 5) is 33.2. The van der Waals surface area contributed by atoms with Crippen molar-refractivity contribution < 1.29 is 40.6 Å². The number of aromatic nitrogens is 5. The minimum absolute atomic E-state index is 0.0934. The molecule has 226 valence electrons. The molecule has 5 rings (SSSR count). The third-order valence-corrected chi connectivity index (χ3v) is 6.78. The maximum Gasteiger partial charge on any atom is 0.419 e. The van der Waals surface area contributed by atoms with E-state index < -0.39 is 23.5 Å². The predicted molar refractivity (Wildman–Crippen MR) is 136 cm³/mol. The van der Waals surface area contributed by atoms with Gasteiger partial charge in [0.15, 0.2) is 11.4 Å². The molecule has 1 aliphatic carbocycles. The Morgan fingerprint density at radius 1 is 0.929 bits per heavy atom. The van der Waals surface area contributed by atoms with Gasteiger partial charge in [-0.25, -0.2) is 24.9 Å². The molecular weight excluding hydrogens is 594 g/mol. The van der Waals surface area contributed by atoms with Gasteiger partial charge < -0.3 is 14.4 Å². The summed E-state index contributed by atoms with van der Waals surface area (Å²) in [5, 5.41) is -0.196. The van der Waals surface area contributed by atoms with Crippen LogP contribution in [0.5, 0.6) is 11.8 Å². The van der Waals surface area contributed by atoms with E-state index in [0.717, 1.165) is 12.8 Å². The van der Waals surface area contributed by atoms with Gasteiger partial charge in [-0.15, -0.1) is 0 Å². The van der Waals surface area contributed by atoms with Crippen LogP contribution in [0.3, 0.4) is 0 Å². The lowest BCUT2D eigenvalue weighted by molar-refractivity contribution is -0.139. The van der Waals surface area contributed by atoms with Gasteiger partial charge in [0, 0.05) is 37.0 Å². The van der Waals surface area contributed by atoms with Crippen LogP contribution in [0.4, 0.5) is 26.3 Å². The highest BCUT2D eigenvalue weighted by Crippen LogP contribution is 2.47. The Kier molecular flexibility index (Phi) is 9.38. The largest absolute Gasteiger partial charge is 0.491 e. The van der Waals surface area contributed by atoms with Crippen molar-refractivity contribution >= 4 is 17.5 Å². The first-order valence-electron chi connectivity index (χ1n) is 12.7. The molecule has 1 saturated heterocycles. The third-order valence-electron chi connectivity index (χ3n) is 6.58. The van der Waals surface area contributed by atoms with Crippen LogP contribution in [0.25, 0.3) is 0 Å². The fourth-order valence-electron chi connectivity index (χ4n) is 4.38. The van der Waals surface area contributed by atoms with Crippen molar-refractivity contribution in [1.29, 1.82) is 0 Å². The molecule has 0 unspecified atom stereocenters. The molecule has 0 radical (unpaired) electrons. The van der Waals surface area contributed by atoms with E-state index >= 15 is 0 Å². The second kappa shape index (κ2) is 12.6. The lowest BCUT2D eigenvalue weighted by Gasteiger charge is -2.35. The van der Waals surface area contributed by atoms with Crippen molar-refractivity contribution in [3.8, 4) is 11.8 Å². The smallest absolute Gasteiger partial charge is 0.419 e. The minimum atomic E-state index is -4.51. The van der Waals surface area contributed by atoms with Gasteiger partial charge in [-0.3, -0.25) is 4.79 Å². The summed E-state index contributed by atoms with van der Waals surface area (Å²) >= 11 is 5.17. The monoisotopic (exact) mass is 618 g/mol. The van der Waals surface area contributed by atoms with Crippen LogP contribution < -0.4 is 9.47 Å². The highest BCUT2D eigenvalue weighted by molar-refractivity contribution is 6.28. The van der Waals surface area contributed by atoms with Crippen LogP contribution >= 0.6 is 11.6 Å². The highest BCUT2D eigenvalue weighted by atomic mass is 35.5. The molecule has 16 heteroatoms. The molecule has 2 fully saturated rings. The molecule has 1 saturated carbocycles. The molecule has 0 bridgehead atoms. The number of fused-ring (bicyclic) bond motifs is 1. The van der Waals surface area contributed by atoms with Crippen LogP contribution in [0.2, 0.25) is 5.28 Å². The van der Waals surface area contributed by atoms with Gasteiger partial charge in [0.2, 0.25) is 5.28 Å². The minimum Gasteiger partial charge on any atom is -0.491 e. The quantitative estimate of drug-likeness (QED) is 0.257. The summed E-state index contributed by atoms with van der Waals surface area (Å²) in [6.07, 6.45) is -4.45. The molecule has 3 aromatic heterocycles. The Bertz CT molecular complexity index is 1370. The molecule has 4 heterocycles. The zero-order valence-corrected chi connectivity index (χ0v) is 23.0. The lowest BCUT2D eigenvalue weighted by atomic mass is 10.0. The maximum absolute atomic E-state index is 13.4. The van der Waals surface area contributed by atoms with Crippen molar-refractivity contribution in [2.75, 3.05) is 19.8 Å². The zero-order chi connectivity index (χ0) is 30.7. The fraction of sp³-hybridized carbons (Fsp3) is 0.462. The fourth-order valence-corrected chi connectivity index (χ4v) is 4.48. The molecule has 1 amide bonds. The van der Waals surface area contributed by atoms with Crippen molar-refractivity contribution in [3.05, 3.63) is 64.7 Å². The zero-order valence-electron chi connectivity index (χ0n) is 22.3. The van der Waals surface area contributed by atoms with Gasteiger partial charge in [-0.05, 0) is 62.3 Å². The first-order chi connectivity index (χ1) is 19.8. The Morgan fingerprint density at radius 3 is 2.10 bits per heavy atom. The summed E-state index contributed by atoms with van der Waals surface area (Å²) in [5.41, 5.74) is -0.873. The van der Waals surface area contributed by atoms with Gasteiger partial charge in [-0.2, -0.15) is 26.3 Å². The number of hydrogen-bond acceptors (Lipinski definition) is 8. The van der Waals surface area contributed by atoms with Crippen LogP contribution in [0, 0.1) is 18.8 Å². The second-order valence-electron chi connectivity index (χ2n) is 9.64. The predicted octanol–water partition coefficient (Wildman–Crippen LogP) is 5.68. The number of halogens is 7. The number of rotatable bonds is 6. The Hall–Kier alpha value is -3.75. The van der Waals surface area contributed by atoms with Crippen molar-refractivity contribution in [2.45, 2.75) is 45.1 Å². The van der Waals surface area contributed by atoms with E-state index in [-0.39, 0.29) is 35.5 Å². The highest BCUT2D eigenvalue weighted by Gasteiger charge is 2.48. The number of carbonyl (C=O) groups is 1. The number of aryl methyl sites for hydroxylation is 1. The summed E-state index contributed by atoms with van der Waals surface area (Å²) in [5.74, 6) is 1.19. The van der Waals surface area contributed by atoms with E-state index in [1.807, 2.05) is 13.8 Å². The van der Waals surface area contributed by atoms with E-state index in [1.54, 1.807) is 17.0 Å². The van der Waals surface area contributed by atoms with E-state index in [2.05, 4.69) is 24.9 Å². The van der Waals surface area contributed by atoms with Crippen molar-refractivity contribution in [2.24, 2.45) is 11.8 Å². The molecule has 0 aromatic carbocycles. The van der Waals surface area contributed by atoms with Crippen molar-refractivity contribution in [1.82, 2.24) is 29.8 Å². The average Bonchev–Trinajstić information content (AvgIpc) is 3.70. The van der Waals surface area contributed by atoms with Crippen LogP contribution in [0.15, 0.2) is 36.9 Å². The number of piperidine rings is 1. The molecule has 1 aliphatic heterocycles. The Labute approximate surface area is 241 Å². The normalized spacial score (nSPS) is 19.7. The van der Waals surface area contributed by atoms with E-state index in [9.17, 15) is 31.1 Å². The summed E-state index contributed by atoms with van der Waals surface area (Å²) < 4.78 is 84.6. The maximum atomic E-state index is 13.4. The summed E-state index contributed by atoms with van der Waals surface area (Å²) in [7, 11) is 0. The summed E-state index contributed by atoms with van der Waals surface area (Å²) in [6, 6.07) is 3.13. The SMILES string of the molecule is CCOc1ccc(C)nc1C(=O)N1C[C@@H]2C[C@@H]2C[C@H]1COc1ncc(C(F)(F)F)cn1.FC(F)(F)c1cnc(Cl)nc1. The van der Waals surface area contributed by atoms with E-state index in [4.69, 9.17) is 21.1 Å². The number of carbonyl (C=O) groups excluding carboxylic acids is 1. The second-order valence-corrected chi connectivity index (χ2v) is 9.97. The number of hydrogen-bond donors (Lipinski definition) is 0. The van der Waals surface area contributed by atoms with Crippen molar-refractivity contribution in [3.63, 3.8) is 0 Å². The number of likely N-dealkylation sites (tertiary alicyclic amines) is 1. The molecule has 2 aliphatic rings. The van der Waals surface area contributed by atoms with Gasteiger partial charge in [0.25, 0.3) is 5.91 Å². The lowest BCUT2D eigenvalue weighted by Crippen LogP contribution is -2.48. The van der Waals surface area contributed by atoms with Gasteiger partial charge in [0.1, 0.15) is 6.61 Å². The van der Waals surface area contributed by atoms with Gasteiger partial charge in [-0.1, -0.05) is 0 Å². The Balaban J connectivity index is 0.000000310. The molecule has 3 aromatic rings. The van der Waals surface area contributed by atoms with E-state index in [1.165, 1.54) is 0 Å². The first kappa shape index (κ1) is 31.2. The third kappa shape index (κ3) is 7.95. The van der Waals surface area contributed by atoms with Crippen LogP contribution in [-0.2, 0) is 12.4 Å². The van der Waals surface area contributed by atoms with Gasteiger partial charge in [0.05, 0.1) is 23.8 Å². The number of ether oxygens (including phenoxy) is 2. The number of alkyl halides is 6. The Morgan fingerprint density at radius 2 is 1.52 bits per heavy atom. The van der Waals surface area contributed by atoms with Crippen LogP contribution in [-0.4, -0.2) is 61.5 Å². The molecular formula is C26H25ClF6N6O3. The average molecular weight is 619 g/mol. The van der Waals surface area contributed by atoms with Crippen LogP contribution in [0.1, 0.15) is 47.1 Å².